The van der Waals surface area contributed by atoms with Crippen molar-refractivity contribution in [1.82, 2.24) is 14.7 Å². The molecule has 34 heavy (non-hydrogen) atoms. The van der Waals surface area contributed by atoms with E-state index in [0.717, 1.165) is 33.5 Å². The monoisotopic (exact) mass is 491 g/mol. The molecule has 0 saturated carbocycles. The average Bonchev–Trinajstić information content (AvgIpc) is 3.46. The fourth-order valence-corrected chi connectivity index (χ4v) is 5.68. The molecule has 1 aliphatic heterocycles. The summed E-state index contributed by atoms with van der Waals surface area (Å²) < 4.78 is 7.60. The van der Waals surface area contributed by atoms with E-state index in [0.29, 0.717) is 11.6 Å². The molecule has 0 N–H and O–H groups in total. The normalized spacial score (nSPS) is 17.9. The molecule has 5 nitrogen and oxygen atoms in total. The van der Waals surface area contributed by atoms with Gasteiger partial charge in [-0.05, 0) is 36.6 Å². The molecule has 2 atom stereocenters. The van der Waals surface area contributed by atoms with Crippen LogP contribution in [0.5, 0.6) is 0 Å². The predicted octanol–water partition coefficient (Wildman–Crippen LogP) is 6.95. The summed E-state index contributed by atoms with van der Waals surface area (Å²) in [6.07, 6.45) is 2.35. The second kappa shape index (κ2) is 10.1. The summed E-state index contributed by atoms with van der Waals surface area (Å²) in [6, 6.07) is 24.4. The van der Waals surface area contributed by atoms with E-state index >= 15 is 0 Å². The molecule has 0 bridgehead atoms. The van der Waals surface area contributed by atoms with Gasteiger partial charge in [-0.1, -0.05) is 72.3 Å². The molecular weight excluding hydrogens is 466 g/mol. The van der Waals surface area contributed by atoms with E-state index in [1.807, 2.05) is 53.3 Å². The average molecular weight is 492 g/mol. The highest BCUT2D eigenvalue weighted by atomic mass is 35.5. The van der Waals surface area contributed by atoms with Crippen molar-refractivity contribution in [3.8, 4) is 0 Å². The fourth-order valence-electron chi connectivity index (χ4n) is 4.43. The Morgan fingerprint density at radius 3 is 2.53 bits per heavy atom. The Balaban J connectivity index is 1.30. The summed E-state index contributed by atoms with van der Waals surface area (Å²) in [7, 11) is 0. The van der Waals surface area contributed by atoms with Gasteiger partial charge in [0.1, 0.15) is 6.61 Å². The van der Waals surface area contributed by atoms with E-state index in [1.165, 1.54) is 5.56 Å². The van der Waals surface area contributed by atoms with Gasteiger partial charge in [-0.2, -0.15) is 5.10 Å². The van der Waals surface area contributed by atoms with Gasteiger partial charge in [0, 0.05) is 28.6 Å². The summed E-state index contributed by atoms with van der Waals surface area (Å²) in [5, 5.41) is 6.30. The van der Waals surface area contributed by atoms with E-state index in [9.17, 15) is 4.79 Å². The number of benzene rings is 3. The third-order valence-corrected chi connectivity index (χ3v) is 7.59. The van der Waals surface area contributed by atoms with Gasteiger partial charge in [0.15, 0.2) is 0 Å². The highest BCUT2D eigenvalue weighted by Crippen LogP contribution is 2.35. The van der Waals surface area contributed by atoms with Crippen LogP contribution in [0.4, 0.5) is 4.79 Å². The van der Waals surface area contributed by atoms with Crippen LogP contribution in [0.3, 0.4) is 0 Å². The number of halogens is 1. The van der Waals surface area contributed by atoms with Crippen molar-refractivity contribution in [3.63, 3.8) is 0 Å². The standard InChI is InChI=1S/C27H26ClN3O2S/c1-19-12-22(16-30(19)27(32)33-17-20-8-4-2-5-9-20)31-26-14-23(13-25(28)24(26)15-29-31)34-18-21-10-6-3-7-11-21/h2-11,13-15,19,22H,12,16-18H2,1H3/t19-,22+/m0/s1. The summed E-state index contributed by atoms with van der Waals surface area (Å²) in [6.45, 7) is 2.89. The lowest BCUT2D eigenvalue weighted by Crippen LogP contribution is -2.34. The zero-order valence-corrected chi connectivity index (χ0v) is 20.5. The molecule has 1 aromatic heterocycles. The van der Waals surface area contributed by atoms with Crippen LogP contribution in [-0.2, 0) is 17.1 Å². The lowest BCUT2D eigenvalue weighted by molar-refractivity contribution is 0.0935. The quantitative estimate of drug-likeness (QED) is 0.274. The molecule has 1 saturated heterocycles. The van der Waals surface area contributed by atoms with Crippen molar-refractivity contribution in [2.45, 2.75) is 42.7 Å². The highest BCUT2D eigenvalue weighted by Gasteiger charge is 2.35. The molecule has 0 aliphatic carbocycles. The van der Waals surface area contributed by atoms with Crippen LogP contribution in [0.25, 0.3) is 10.9 Å². The third-order valence-electron chi connectivity index (χ3n) is 6.23. The molecule has 5 rings (SSSR count). The van der Waals surface area contributed by atoms with Crippen LogP contribution in [0.15, 0.2) is 83.9 Å². The maximum Gasteiger partial charge on any atom is 0.410 e. The summed E-state index contributed by atoms with van der Waals surface area (Å²) in [5.74, 6) is 0.873. The number of nitrogens with zero attached hydrogens (tertiary/aromatic N) is 3. The Hall–Kier alpha value is -2.96. The minimum absolute atomic E-state index is 0.0682. The van der Waals surface area contributed by atoms with Crippen LogP contribution in [0.2, 0.25) is 5.02 Å². The predicted molar refractivity (Wildman–Crippen MR) is 137 cm³/mol. The first kappa shape index (κ1) is 22.8. The third kappa shape index (κ3) is 4.93. The summed E-state index contributed by atoms with van der Waals surface area (Å²) >= 11 is 8.38. The second-order valence-electron chi connectivity index (χ2n) is 8.63. The number of ether oxygens (including phenoxy) is 1. The fraction of sp³-hybridized carbons (Fsp3) is 0.259. The van der Waals surface area contributed by atoms with Crippen LogP contribution < -0.4 is 0 Å². The van der Waals surface area contributed by atoms with Crippen LogP contribution in [0.1, 0.15) is 30.5 Å². The van der Waals surface area contributed by atoms with Crippen LogP contribution >= 0.6 is 23.4 Å². The zero-order valence-electron chi connectivity index (χ0n) is 18.9. The number of rotatable bonds is 6. The second-order valence-corrected chi connectivity index (χ2v) is 10.1. The molecule has 0 spiro atoms. The smallest absolute Gasteiger partial charge is 0.410 e. The molecule has 3 aromatic carbocycles. The van der Waals surface area contributed by atoms with Crippen molar-refractivity contribution >= 4 is 40.4 Å². The Kier molecular flexibility index (Phi) is 6.79. The van der Waals surface area contributed by atoms with E-state index in [4.69, 9.17) is 16.3 Å². The number of fused-ring (bicyclic) bond motifs is 1. The lowest BCUT2D eigenvalue weighted by Gasteiger charge is -2.20. The highest BCUT2D eigenvalue weighted by molar-refractivity contribution is 7.98. The number of likely N-dealkylation sites (tertiary alicyclic amines) is 1. The van der Waals surface area contributed by atoms with Gasteiger partial charge >= 0.3 is 6.09 Å². The minimum Gasteiger partial charge on any atom is -0.445 e. The van der Waals surface area contributed by atoms with E-state index in [-0.39, 0.29) is 24.8 Å². The van der Waals surface area contributed by atoms with E-state index in [2.05, 4.69) is 42.4 Å². The Morgan fingerprint density at radius 2 is 1.79 bits per heavy atom. The molecule has 1 fully saturated rings. The van der Waals surface area contributed by atoms with Crippen molar-refractivity contribution in [2.24, 2.45) is 0 Å². The van der Waals surface area contributed by atoms with Gasteiger partial charge in [0.25, 0.3) is 0 Å². The first-order chi connectivity index (χ1) is 16.6. The van der Waals surface area contributed by atoms with Crippen molar-refractivity contribution in [3.05, 3.63) is 95.1 Å². The first-order valence-corrected chi connectivity index (χ1v) is 12.8. The van der Waals surface area contributed by atoms with Gasteiger partial charge in [0.05, 0.1) is 22.8 Å². The largest absolute Gasteiger partial charge is 0.445 e. The maximum absolute atomic E-state index is 12.8. The molecule has 4 aromatic rings. The number of thioether (sulfide) groups is 1. The van der Waals surface area contributed by atoms with Crippen LogP contribution in [0, 0.1) is 0 Å². The Bertz CT molecular complexity index is 1280. The number of hydrogen-bond acceptors (Lipinski definition) is 4. The minimum atomic E-state index is -0.285. The van der Waals surface area contributed by atoms with Gasteiger partial charge in [-0.15, -0.1) is 11.8 Å². The first-order valence-electron chi connectivity index (χ1n) is 11.4. The van der Waals surface area contributed by atoms with E-state index < -0.39 is 0 Å². The Morgan fingerprint density at radius 1 is 1.09 bits per heavy atom. The number of carbonyl (C=O) groups excluding carboxylic acids is 1. The maximum atomic E-state index is 12.8. The van der Waals surface area contributed by atoms with Gasteiger partial charge in [0.2, 0.25) is 0 Å². The molecular formula is C27H26ClN3O2S. The van der Waals surface area contributed by atoms with Crippen molar-refractivity contribution in [2.75, 3.05) is 6.54 Å². The molecule has 174 valence electrons. The molecule has 1 amide bonds. The summed E-state index contributed by atoms with van der Waals surface area (Å²) in [4.78, 5) is 15.7. The van der Waals surface area contributed by atoms with Gasteiger partial charge in [-0.25, -0.2) is 4.79 Å². The number of aromatic nitrogens is 2. The van der Waals surface area contributed by atoms with Gasteiger partial charge in [-0.3, -0.25) is 4.68 Å². The number of amides is 1. The number of carbonyl (C=O) groups is 1. The molecule has 2 heterocycles. The molecule has 1 aliphatic rings. The van der Waals surface area contributed by atoms with E-state index in [1.54, 1.807) is 16.7 Å². The van der Waals surface area contributed by atoms with Crippen molar-refractivity contribution in [1.29, 1.82) is 0 Å². The number of hydrogen-bond donors (Lipinski definition) is 0. The summed E-state index contributed by atoms with van der Waals surface area (Å²) in [5.41, 5.74) is 3.25. The van der Waals surface area contributed by atoms with Gasteiger partial charge < -0.3 is 9.64 Å². The van der Waals surface area contributed by atoms with Crippen LogP contribution in [-0.4, -0.2) is 33.4 Å². The zero-order chi connectivity index (χ0) is 23.5. The molecule has 7 heteroatoms. The van der Waals surface area contributed by atoms with Crippen molar-refractivity contribution < 1.29 is 9.53 Å². The molecule has 0 radical (unpaired) electrons. The molecule has 0 unspecified atom stereocenters. The Labute approximate surface area is 208 Å². The SMILES string of the molecule is C[C@H]1C[C@@H](n2ncc3c(Cl)cc(SCc4ccccc4)cc32)CN1C(=O)OCc1ccccc1. The topological polar surface area (TPSA) is 47.4 Å². The lowest BCUT2D eigenvalue weighted by atomic mass is 10.2.